The minimum absolute atomic E-state index is 0.146. The van der Waals surface area contributed by atoms with Gasteiger partial charge in [-0.15, -0.1) is 11.3 Å². The molecular formula is C18H17N3O2S. The summed E-state index contributed by atoms with van der Waals surface area (Å²) in [7, 11) is 0. The molecular weight excluding hydrogens is 322 g/mol. The highest BCUT2D eigenvalue weighted by molar-refractivity contribution is 7.17. The summed E-state index contributed by atoms with van der Waals surface area (Å²) in [5.41, 5.74) is 3.15. The van der Waals surface area contributed by atoms with Crippen LogP contribution in [0.3, 0.4) is 0 Å². The molecule has 6 heteroatoms. The maximum absolute atomic E-state index is 12.9. The number of aryl methyl sites for hydroxylation is 2. The summed E-state index contributed by atoms with van der Waals surface area (Å²) in [6, 6.07) is 8.13. The van der Waals surface area contributed by atoms with Gasteiger partial charge in [-0.3, -0.25) is 14.0 Å². The van der Waals surface area contributed by atoms with Gasteiger partial charge in [-0.1, -0.05) is 24.3 Å². The van der Waals surface area contributed by atoms with Crippen LogP contribution in [0, 0.1) is 13.8 Å². The molecule has 5 nitrogen and oxygen atoms in total. The molecule has 0 saturated carbocycles. The summed E-state index contributed by atoms with van der Waals surface area (Å²) < 4.78 is 1.55. The van der Waals surface area contributed by atoms with Gasteiger partial charge in [-0.05, 0) is 31.4 Å². The van der Waals surface area contributed by atoms with Gasteiger partial charge in [0.05, 0.1) is 0 Å². The van der Waals surface area contributed by atoms with Crippen molar-refractivity contribution in [1.82, 2.24) is 14.3 Å². The topological polar surface area (TPSA) is 54.7 Å². The molecule has 0 spiro atoms. The molecule has 0 atom stereocenters. The van der Waals surface area contributed by atoms with E-state index in [0.29, 0.717) is 18.1 Å². The van der Waals surface area contributed by atoms with E-state index in [1.165, 1.54) is 23.1 Å². The van der Waals surface area contributed by atoms with Gasteiger partial charge in [0.15, 0.2) is 4.96 Å². The predicted octanol–water partition coefficient (Wildman–Crippen LogP) is 2.57. The normalized spacial score (nSPS) is 14.0. The second kappa shape index (κ2) is 5.56. The zero-order valence-electron chi connectivity index (χ0n) is 13.6. The monoisotopic (exact) mass is 339 g/mol. The van der Waals surface area contributed by atoms with Crippen molar-refractivity contribution in [3.8, 4) is 0 Å². The number of benzene rings is 1. The Balaban J connectivity index is 1.73. The number of nitrogens with zero attached hydrogens (tertiary/aromatic N) is 3. The van der Waals surface area contributed by atoms with Gasteiger partial charge in [0.1, 0.15) is 5.56 Å². The van der Waals surface area contributed by atoms with E-state index in [9.17, 15) is 9.59 Å². The first-order chi connectivity index (χ1) is 11.6. The molecule has 4 rings (SSSR count). The lowest BCUT2D eigenvalue weighted by Gasteiger charge is -2.28. The predicted molar refractivity (Wildman–Crippen MR) is 93.7 cm³/mol. The summed E-state index contributed by atoms with van der Waals surface area (Å²) in [6.45, 7) is 5.00. The van der Waals surface area contributed by atoms with Gasteiger partial charge in [0.25, 0.3) is 11.5 Å². The van der Waals surface area contributed by atoms with E-state index in [4.69, 9.17) is 0 Å². The Morgan fingerprint density at radius 2 is 1.96 bits per heavy atom. The molecule has 122 valence electrons. The third-order valence-electron chi connectivity index (χ3n) is 4.67. The standard InChI is InChI=1S/C18H17N3O2S/c1-11-12(2)24-18-19-9-15(17(23)21(11)18)16(22)20-8-7-13-5-3-4-6-14(13)10-20/h3-6,9H,7-8,10H2,1-2H3. The third-order valence-corrected chi connectivity index (χ3v) is 5.74. The lowest BCUT2D eigenvalue weighted by atomic mass is 9.99. The van der Waals surface area contributed by atoms with Crippen LogP contribution in [0.25, 0.3) is 4.96 Å². The Kier molecular flexibility index (Phi) is 3.49. The van der Waals surface area contributed by atoms with E-state index in [2.05, 4.69) is 11.1 Å². The van der Waals surface area contributed by atoms with Crippen LogP contribution < -0.4 is 5.56 Å². The number of amides is 1. The van der Waals surface area contributed by atoms with Crippen LogP contribution in [0.5, 0.6) is 0 Å². The van der Waals surface area contributed by atoms with Gasteiger partial charge >= 0.3 is 0 Å². The van der Waals surface area contributed by atoms with E-state index in [0.717, 1.165) is 22.6 Å². The Labute approximate surface area is 143 Å². The first kappa shape index (κ1) is 15.1. The molecule has 0 radical (unpaired) electrons. The molecule has 3 aromatic rings. The highest BCUT2D eigenvalue weighted by Gasteiger charge is 2.25. The van der Waals surface area contributed by atoms with Gasteiger partial charge in [0, 0.05) is 29.9 Å². The fourth-order valence-corrected chi connectivity index (χ4v) is 4.09. The van der Waals surface area contributed by atoms with E-state index in [1.54, 1.807) is 9.30 Å². The molecule has 0 saturated heterocycles. The maximum Gasteiger partial charge on any atom is 0.271 e. The SMILES string of the molecule is Cc1sc2ncc(C(=O)N3CCc4ccccc4C3)c(=O)n2c1C. The Bertz CT molecular complexity index is 1020. The number of hydrogen-bond donors (Lipinski definition) is 0. The van der Waals surface area contributed by atoms with Crippen LogP contribution in [0.15, 0.2) is 35.3 Å². The van der Waals surface area contributed by atoms with E-state index < -0.39 is 0 Å². The second-order valence-electron chi connectivity index (χ2n) is 6.08. The Hall–Kier alpha value is -2.47. The second-order valence-corrected chi connectivity index (χ2v) is 7.27. The molecule has 3 heterocycles. The first-order valence-electron chi connectivity index (χ1n) is 7.90. The quantitative estimate of drug-likeness (QED) is 0.685. The van der Waals surface area contributed by atoms with Crippen molar-refractivity contribution in [3.05, 3.63) is 68.1 Å². The fraction of sp³-hybridized carbons (Fsp3) is 0.278. The highest BCUT2D eigenvalue weighted by atomic mass is 32.1. The summed E-state index contributed by atoms with van der Waals surface area (Å²) in [5.74, 6) is -0.236. The van der Waals surface area contributed by atoms with E-state index in [-0.39, 0.29) is 17.0 Å². The van der Waals surface area contributed by atoms with Crippen molar-refractivity contribution in [2.24, 2.45) is 0 Å². The molecule has 1 aliphatic rings. The van der Waals surface area contributed by atoms with Gasteiger partial charge in [-0.2, -0.15) is 0 Å². The Morgan fingerprint density at radius 1 is 1.21 bits per heavy atom. The van der Waals surface area contributed by atoms with Crippen molar-refractivity contribution in [1.29, 1.82) is 0 Å². The van der Waals surface area contributed by atoms with Gasteiger partial charge in [-0.25, -0.2) is 4.98 Å². The number of fused-ring (bicyclic) bond motifs is 2. The van der Waals surface area contributed by atoms with Crippen molar-refractivity contribution >= 4 is 22.2 Å². The molecule has 0 bridgehead atoms. The largest absolute Gasteiger partial charge is 0.334 e. The van der Waals surface area contributed by atoms with Crippen molar-refractivity contribution in [2.75, 3.05) is 6.54 Å². The lowest BCUT2D eigenvalue weighted by molar-refractivity contribution is 0.0732. The Morgan fingerprint density at radius 3 is 2.75 bits per heavy atom. The molecule has 1 aliphatic heterocycles. The number of carbonyl (C=O) groups is 1. The number of rotatable bonds is 1. The molecule has 2 aromatic heterocycles. The van der Waals surface area contributed by atoms with Crippen LogP contribution >= 0.6 is 11.3 Å². The van der Waals surface area contributed by atoms with Gasteiger partial charge < -0.3 is 4.90 Å². The smallest absolute Gasteiger partial charge is 0.271 e. The molecule has 0 fully saturated rings. The minimum atomic E-state index is -0.272. The molecule has 1 aromatic carbocycles. The fourth-order valence-electron chi connectivity index (χ4n) is 3.16. The zero-order valence-corrected chi connectivity index (χ0v) is 14.4. The average Bonchev–Trinajstić information content (AvgIpc) is 2.89. The average molecular weight is 339 g/mol. The first-order valence-corrected chi connectivity index (χ1v) is 8.71. The molecule has 0 aliphatic carbocycles. The van der Waals surface area contributed by atoms with Gasteiger partial charge in [0.2, 0.25) is 0 Å². The molecule has 1 amide bonds. The number of carbonyl (C=O) groups excluding carboxylic acids is 1. The number of hydrogen-bond acceptors (Lipinski definition) is 4. The third kappa shape index (κ3) is 2.26. The summed E-state index contributed by atoms with van der Waals surface area (Å²) in [6.07, 6.45) is 2.24. The van der Waals surface area contributed by atoms with Crippen LogP contribution in [-0.4, -0.2) is 26.7 Å². The lowest BCUT2D eigenvalue weighted by Crippen LogP contribution is -2.39. The van der Waals surface area contributed by atoms with Crippen molar-refractivity contribution in [3.63, 3.8) is 0 Å². The molecule has 24 heavy (non-hydrogen) atoms. The summed E-state index contributed by atoms with van der Waals surface area (Å²) >= 11 is 1.47. The van der Waals surface area contributed by atoms with Crippen LogP contribution in [0.1, 0.15) is 32.1 Å². The summed E-state index contributed by atoms with van der Waals surface area (Å²) in [5, 5.41) is 0. The summed E-state index contributed by atoms with van der Waals surface area (Å²) in [4.78, 5) is 33.4. The van der Waals surface area contributed by atoms with Crippen LogP contribution in [0.4, 0.5) is 0 Å². The van der Waals surface area contributed by atoms with Crippen LogP contribution in [0.2, 0.25) is 0 Å². The van der Waals surface area contributed by atoms with Crippen molar-refractivity contribution < 1.29 is 4.79 Å². The van der Waals surface area contributed by atoms with Crippen LogP contribution in [-0.2, 0) is 13.0 Å². The number of aromatic nitrogens is 2. The maximum atomic E-state index is 12.9. The zero-order chi connectivity index (χ0) is 16.8. The van der Waals surface area contributed by atoms with Crippen molar-refractivity contribution in [2.45, 2.75) is 26.8 Å². The highest BCUT2D eigenvalue weighted by Crippen LogP contribution is 2.21. The van der Waals surface area contributed by atoms with E-state index >= 15 is 0 Å². The minimum Gasteiger partial charge on any atom is -0.334 e. The molecule has 0 N–H and O–H groups in total. The molecule has 0 unspecified atom stereocenters. The van der Waals surface area contributed by atoms with E-state index in [1.807, 2.05) is 32.0 Å². The number of thiazole rings is 1.